The predicted octanol–water partition coefficient (Wildman–Crippen LogP) is 4.16. The number of benzene rings is 1. The summed E-state index contributed by atoms with van der Waals surface area (Å²) in [6, 6.07) is 9.03. The van der Waals surface area contributed by atoms with Crippen molar-refractivity contribution in [3.8, 4) is 5.69 Å². The molecule has 3 aromatic rings. The fourth-order valence-corrected chi connectivity index (χ4v) is 3.60. The highest BCUT2D eigenvalue weighted by atomic mass is 35.5. The number of carbonyl (C=O) groups excluding carboxylic acids is 1. The minimum absolute atomic E-state index is 0.185. The van der Waals surface area contributed by atoms with Crippen LogP contribution in [0.2, 0.25) is 5.02 Å². The number of piperidine rings is 1. The van der Waals surface area contributed by atoms with Crippen LogP contribution in [-0.2, 0) is 0 Å². The molecular weight excluding hydrogens is 362 g/mol. The van der Waals surface area contributed by atoms with Gasteiger partial charge in [-0.2, -0.15) is 0 Å². The second-order valence-corrected chi connectivity index (χ2v) is 6.92. The first-order chi connectivity index (χ1) is 13.2. The van der Waals surface area contributed by atoms with E-state index in [1.54, 1.807) is 30.9 Å². The number of aromatic nitrogens is 3. The average molecular weight is 382 g/mol. The van der Waals surface area contributed by atoms with Gasteiger partial charge in [-0.05, 0) is 49.6 Å². The van der Waals surface area contributed by atoms with E-state index in [-0.39, 0.29) is 5.91 Å². The van der Waals surface area contributed by atoms with Crippen molar-refractivity contribution in [1.29, 1.82) is 0 Å². The molecule has 1 fully saturated rings. The molecule has 6 nitrogen and oxygen atoms in total. The summed E-state index contributed by atoms with van der Waals surface area (Å²) in [6.07, 6.45) is 10.4. The molecule has 1 aromatic carbocycles. The summed E-state index contributed by atoms with van der Waals surface area (Å²) < 4.78 is 1.82. The number of anilines is 2. The van der Waals surface area contributed by atoms with E-state index >= 15 is 0 Å². The molecule has 1 saturated heterocycles. The summed E-state index contributed by atoms with van der Waals surface area (Å²) in [4.78, 5) is 23.5. The largest absolute Gasteiger partial charge is 0.356 e. The van der Waals surface area contributed by atoms with E-state index in [4.69, 9.17) is 11.6 Å². The molecule has 2 aromatic heterocycles. The number of carbonyl (C=O) groups is 1. The van der Waals surface area contributed by atoms with E-state index in [2.05, 4.69) is 20.2 Å². The topological polar surface area (TPSA) is 63.1 Å². The van der Waals surface area contributed by atoms with Crippen molar-refractivity contribution >= 4 is 29.0 Å². The zero-order valence-electron chi connectivity index (χ0n) is 14.8. The van der Waals surface area contributed by atoms with Gasteiger partial charge in [0.2, 0.25) is 0 Å². The lowest BCUT2D eigenvalue weighted by atomic mass is 10.1. The van der Waals surface area contributed by atoms with Crippen LogP contribution in [0.5, 0.6) is 0 Å². The molecule has 0 radical (unpaired) electrons. The molecule has 1 N–H and O–H groups in total. The fraction of sp³-hybridized carbons (Fsp3) is 0.250. The normalized spacial score (nSPS) is 14.2. The Labute approximate surface area is 162 Å². The lowest BCUT2D eigenvalue weighted by Gasteiger charge is -2.29. The SMILES string of the molecule is O=C(Nc1ccc(-n2ccnc2)c(Cl)c1)c1cccnc1N1CCCCC1. The van der Waals surface area contributed by atoms with Crippen LogP contribution < -0.4 is 10.2 Å². The van der Waals surface area contributed by atoms with Gasteiger partial charge in [-0.1, -0.05) is 11.6 Å². The number of nitrogens with zero attached hydrogens (tertiary/aromatic N) is 4. The number of halogens is 1. The van der Waals surface area contributed by atoms with Crippen LogP contribution in [0.25, 0.3) is 5.69 Å². The Morgan fingerprint density at radius 2 is 1.96 bits per heavy atom. The molecule has 27 heavy (non-hydrogen) atoms. The molecule has 0 unspecified atom stereocenters. The molecule has 0 aliphatic carbocycles. The van der Waals surface area contributed by atoms with E-state index in [0.717, 1.165) is 37.4 Å². The van der Waals surface area contributed by atoms with Crippen LogP contribution in [0.1, 0.15) is 29.6 Å². The first kappa shape index (κ1) is 17.5. The van der Waals surface area contributed by atoms with E-state index < -0.39 is 0 Å². The van der Waals surface area contributed by atoms with Crippen molar-refractivity contribution in [3.05, 3.63) is 65.8 Å². The lowest BCUT2D eigenvalue weighted by Crippen LogP contribution is -2.32. The second kappa shape index (κ2) is 7.80. The summed E-state index contributed by atoms with van der Waals surface area (Å²) >= 11 is 6.38. The molecular formula is C20H20ClN5O. The summed E-state index contributed by atoms with van der Waals surface area (Å²) in [6.45, 7) is 1.87. The number of hydrogen-bond donors (Lipinski definition) is 1. The Balaban J connectivity index is 1.55. The number of nitrogens with one attached hydrogen (secondary N) is 1. The standard InChI is InChI=1S/C20H20ClN5O/c21-17-13-15(6-7-18(17)26-12-9-22-14-26)24-20(27)16-5-4-8-23-19(16)25-10-2-1-3-11-25/h4-9,12-14H,1-3,10-11H2,(H,24,27). The van der Waals surface area contributed by atoms with Crippen molar-refractivity contribution in [2.45, 2.75) is 19.3 Å². The van der Waals surface area contributed by atoms with Crippen molar-refractivity contribution in [3.63, 3.8) is 0 Å². The molecule has 3 heterocycles. The summed E-state index contributed by atoms with van der Waals surface area (Å²) in [7, 11) is 0. The molecule has 0 bridgehead atoms. The smallest absolute Gasteiger partial charge is 0.259 e. The van der Waals surface area contributed by atoms with E-state index in [1.165, 1.54) is 6.42 Å². The van der Waals surface area contributed by atoms with Crippen LogP contribution in [0.15, 0.2) is 55.2 Å². The van der Waals surface area contributed by atoms with E-state index in [9.17, 15) is 4.79 Å². The maximum Gasteiger partial charge on any atom is 0.259 e. The van der Waals surface area contributed by atoms with Gasteiger partial charge in [0.05, 0.1) is 22.6 Å². The maximum atomic E-state index is 12.9. The average Bonchev–Trinajstić information content (AvgIpc) is 3.23. The highest BCUT2D eigenvalue weighted by Crippen LogP contribution is 2.26. The van der Waals surface area contributed by atoms with Crippen LogP contribution in [0, 0.1) is 0 Å². The zero-order valence-corrected chi connectivity index (χ0v) is 15.6. The molecule has 0 spiro atoms. The highest BCUT2D eigenvalue weighted by Gasteiger charge is 2.20. The van der Waals surface area contributed by atoms with Gasteiger partial charge in [0.25, 0.3) is 5.91 Å². The number of hydrogen-bond acceptors (Lipinski definition) is 4. The Morgan fingerprint density at radius 3 is 2.70 bits per heavy atom. The van der Waals surface area contributed by atoms with Crippen molar-refractivity contribution in [2.75, 3.05) is 23.3 Å². The molecule has 1 aliphatic heterocycles. The van der Waals surface area contributed by atoms with Gasteiger partial charge >= 0.3 is 0 Å². The Bertz CT molecular complexity index is 935. The van der Waals surface area contributed by atoms with Gasteiger partial charge in [-0.3, -0.25) is 4.79 Å². The van der Waals surface area contributed by atoms with E-state index in [1.807, 2.05) is 29.0 Å². The summed E-state index contributed by atoms with van der Waals surface area (Å²) in [5.41, 5.74) is 2.03. The minimum atomic E-state index is -0.185. The predicted molar refractivity (Wildman–Crippen MR) is 107 cm³/mol. The molecule has 0 atom stereocenters. The lowest BCUT2D eigenvalue weighted by molar-refractivity contribution is 0.102. The van der Waals surface area contributed by atoms with Crippen LogP contribution >= 0.6 is 11.6 Å². The van der Waals surface area contributed by atoms with Gasteiger partial charge in [-0.25, -0.2) is 9.97 Å². The third kappa shape index (κ3) is 3.80. The fourth-order valence-electron chi connectivity index (χ4n) is 3.33. The molecule has 138 valence electrons. The number of pyridine rings is 1. The van der Waals surface area contributed by atoms with Gasteiger partial charge in [-0.15, -0.1) is 0 Å². The zero-order chi connectivity index (χ0) is 18.6. The third-order valence-corrected chi connectivity index (χ3v) is 4.98. The van der Waals surface area contributed by atoms with Crippen LogP contribution in [-0.4, -0.2) is 33.5 Å². The summed E-state index contributed by atoms with van der Waals surface area (Å²) in [5.74, 6) is 0.561. The minimum Gasteiger partial charge on any atom is -0.356 e. The molecule has 0 saturated carbocycles. The van der Waals surface area contributed by atoms with Crippen LogP contribution in [0.3, 0.4) is 0 Å². The monoisotopic (exact) mass is 381 g/mol. The Kier molecular flexibility index (Phi) is 5.07. The van der Waals surface area contributed by atoms with Gasteiger partial charge in [0, 0.05) is 37.4 Å². The summed E-state index contributed by atoms with van der Waals surface area (Å²) in [5, 5.41) is 3.47. The highest BCUT2D eigenvalue weighted by molar-refractivity contribution is 6.32. The van der Waals surface area contributed by atoms with Gasteiger partial charge in [0.1, 0.15) is 5.82 Å². The first-order valence-corrected chi connectivity index (χ1v) is 9.39. The molecule has 1 amide bonds. The Morgan fingerprint density at radius 1 is 1.11 bits per heavy atom. The third-order valence-electron chi connectivity index (χ3n) is 4.68. The molecule has 4 rings (SSSR count). The van der Waals surface area contributed by atoms with Crippen molar-refractivity contribution in [2.24, 2.45) is 0 Å². The first-order valence-electron chi connectivity index (χ1n) is 9.01. The maximum absolute atomic E-state index is 12.9. The quantitative estimate of drug-likeness (QED) is 0.737. The van der Waals surface area contributed by atoms with E-state index in [0.29, 0.717) is 16.3 Å². The van der Waals surface area contributed by atoms with Crippen molar-refractivity contribution < 1.29 is 4.79 Å². The van der Waals surface area contributed by atoms with Crippen molar-refractivity contribution in [1.82, 2.24) is 14.5 Å². The van der Waals surface area contributed by atoms with Crippen LogP contribution in [0.4, 0.5) is 11.5 Å². The number of rotatable bonds is 4. The Hall–Kier alpha value is -2.86. The van der Waals surface area contributed by atoms with Gasteiger partial charge < -0.3 is 14.8 Å². The molecule has 7 heteroatoms. The van der Waals surface area contributed by atoms with Gasteiger partial charge in [0.15, 0.2) is 0 Å². The number of amides is 1. The number of imidazole rings is 1. The molecule has 1 aliphatic rings. The second-order valence-electron chi connectivity index (χ2n) is 6.51.